The maximum atomic E-state index is 2.49. The molecule has 0 unspecified atom stereocenters. The fourth-order valence-electron chi connectivity index (χ4n) is 8.39. The number of benzene rings is 7. The second kappa shape index (κ2) is 13.4. The highest BCUT2D eigenvalue weighted by Gasteiger charge is 2.38. The number of halogens is 2. The molecule has 0 N–H and O–H groups in total. The zero-order valence-electron chi connectivity index (χ0n) is 30.5. The van der Waals surface area contributed by atoms with Gasteiger partial charge in [0, 0.05) is 90.8 Å². The van der Waals surface area contributed by atoms with Gasteiger partial charge in [0.1, 0.15) is 0 Å². The molecule has 0 atom stereocenters. The quantitative estimate of drug-likeness (QED) is 0.154. The third-order valence-electron chi connectivity index (χ3n) is 11.5. The maximum Gasteiger partial charge on any atom is 0.0543 e. The van der Waals surface area contributed by atoms with Gasteiger partial charge in [0.25, 0.3) is 0 Å². The Hall–Kier alpha value is -3.44. The van der Waals surface area contributed by atoms with Crippen molar-refractivity contribution in [2.75, 3.05) is 4.90 Å². The Bertz CT molecular complexity index is 2690. The van der Waals surface area contributed by atoms with Gasteiger partial charge < -0.3 is 9.47 Å². The van der Waals surface area contributed by atoms with Gasteiger partial charge in [0.05, 0.1) is 16.7 Å². The molecular weight excluding hydrogens is 910 g/mol. The van der Waals surface area contributed by atoms with E-state index in [1.54, 1.807) is 17.9 Å². The van der Waals surface area contributed by atoms with Crippen LogP contribution in [0.25, 0.3) is 49.4 Å². The lowest BCUT2D eigenvalue weighted by Crippen LogP contribution is -2.17. The van der Waals surface area contributed by atoms with Crippen molar-refractivity contribution in [3.8, 4) is 16.8 Å². The van der Waals surface area contributed by atoms with E-state index in [-0.39, 0.29) is 5.41 Å². The second-order valence-corrected chi connectivity index (χ2v) is 18.8. The minimum absolute atomic E-state index is 0.230. The highest BCUT2D eigenvalue weighted by Crippen LogP contribution is 2.55. The SMILES string of the molecule is Cc1ccc(N(c2ccc(C)c(C)c2)c2cc3c(c4ccccc24)-c2ccc(-n4c5ccc(SI)cc5c5cc(SI)ccc54)cc2C3(C)C)cc1C. The monoisotopic (exact) mass is 948 g/mol. The van der Waals surface area contributed by atoms with Crippen LogP contribution in [0.15, 0.2) is 131 Å². The summed E-state index contributed by atoms with van der Waals surface area (Å²) in [6.07, 6.45) is 0. The lowest BCUT2D eigenvalue weighted by molar-refractivity contribution is 0.660. The fourth-order valence-corrected chi connectivity index (χ4v) is 10.6. The molecule has 8 aromatic rings. The second-order valence-electron chi connectivity index (χ2n) is 14.9. The molecule has 1 aliphatic carbocycles. The average Bonchev–Trinajstić information content (AvgIpc) is 3.61. The van der Waals surface area contributed by atoms with Crippen LogP contribution in [0, 0.1) is 27.7 Å². The molecular formula is C47H38I2N2S2. The Kier molecular flexibility index (Phi) is 8.91. The predicted octanol–water partition coefficient (Wildman–Crippen LogP) is 15.8. The van der Waals surface area contributed by atoms with Gasteiger partial charge in [-0.25, -0.2) is 0 Å². The molecule has 0 saturated carbocycles. The Morgan fingerprint density at radius 3 is 1.64 bits per heavy atom. The summed E-state index contributed by atoms with van der Waals surface area (Å²) in [6.45, 7) is 13.6. The normalized spacial score (nSPS) is 13.2. The lowest BCUT2D eigenvalue weighted by atomic mass is 9.81. The summed E-state index contributed by atoms with van der Waals surface area (Å²) in [5.41, 5.74) is 17.6. The van der Waals surface area contributed by atoms with Gasteiger partial charge in [0.15, 0.2) is 0 Å². The number of nitrogens with zero attached hydrogens (tertiary/aromatic N) is 2. The third-order valence-corrected chi connectivity index (χ3v) is 15.4. The summed E-state index contributed by atoms with van der Waals surface area (Å²) < 4.78 is 2.47. The van der Waals surface area contributed by atoms with Gasteiger partial charge >= 0.3 is 0 Å². The van der Waals surface area contributed by atoms with Crippen LogP contribution in [0.1, 0.15) is 47.2 Å². The molecule has 0 spiro atoms. The van der Waals surface area contributed by atoms with Gasteiger partial charge in [-0.2, -0.15) is 0 Å². The van der Waals surface area contributed by atoms with Gasteiger partial charge in [-0.3, -0.25) is 0 Å². The van der Waals surface area contributed by atoms with Gasteiger partial charge in [0.2, 0.25) is 0 Å². The molecule has 1 heterocycles. The first kappa shape index (κ1) is 35.3. The maximum absolute atomic E-state index is 2.49. The molecule has 53 heavy (non-hydrogen) atoms. The number of rotatable bonds is 6. The zero-order valence-corrected chi connectivity index (χ0v) is 36.5. The largest absolute Gasteiger partial charge is 0.310 e. The van der Waals surface area contributed by atoms with E-state index in [9.17, 15) is 0 Å². The van der Waals surface area contributed by atoms with Crippen LogP contribution < -0.4 is 4.90 Å². The van der Waals surface area contributed by atoms with E-state index in [1.165, 1.54) is 110 Å². The van der Waals surface area contributed by atoms with Crippen LogP contribution >= 0.6 is 60.3 Å². The van der Waals surface area contributed by atoms with Crippen molar-refractivity contribution in [3.63, 3.8) is 0 Å². The van der Waals surface area contributed by atoms with Crippen molar-refractivity contribution < 1.29 is 0 Å². The molecule has 7 aromatic carbocycles. The van der Waals surface area contributed by atoms with E-state index < -0.39 is 0 Å². The molecule has 0 bridgehead atoms. The van der Waals surface area contributed by atoms with E-state index in [1.807, 2.05) is 0 Å². The zero-order chi connectivity index (χ0) is 36.8. The van der Waals surface area contributed by atoms with E-state index in [0.717, 1.165) is 0 Å². The smallest absolute Gasteiger partial charge is 0.0543 e. The molecule has 2 nitrogen and oxygen atoms in total. The van der Waals surface area contributed by atoms with E-state index in [0.29, 0.717) is 0 Å². The van der Waals surface area contributed by atoms with Crippen LogP contribution in [-0.2, 0) is 5.41 Å². The van der Waals surface area contributed by atoms with Crippen molar-refractivity contribution in [1.29, 1.82) is 0 Å². The molecule has 6 heteroatoms. The van der Waals surface area contributed by atoms with Crippen LogP contribution in [0.3, 0.4) is 0 Å². The molecule has 0 aliphatic heterocycles. The first-order valence-corrected chi connectivity index (χ1v) is 24.6. The number of aromatic nitrogens is 1. The Labute approximate surface area is 344 Å². The topological polar surface area (TPSA) is 8.17 Å². The van der Waals surface area contributed by atoms with Crippen molar-refractivity contribution in [2.24, 2.45) is 0 Å². The average molecular weight is 949 g/mol. The van der Waals surface area contributed by atoms with Crippen LogP contribution in [0.4, 0.5) is 17.1 Å². The van der Waals surface area contributed by atoms with Crippen molar-refractivity contribution in [1.82, 2.24) is 4.57 Å². The standard InChI is InChI=1S/C47H38I2N2S2/c1-27-11-13-31(21-29(27)3)50(32-14-12-28(2)30(4)22-32)45-26-42-46(37-10-8-7-9-36(37)45)38-18-15-33(23-41(38)47(42,5)6)51-43-19-16-34(52-48)24-39(43)40-25-35(53-49)17-20-44(40)51/h7-26H,1-6H3. The molecule has 0 radical (unpaired) electrons. The fraction of sp³-hybridized carbons (Fsp3) is 0.149. The lowest BCUT2D eigenvalue weighted by Gasteiger charge is -2.30. The molecule has 0 fully saturated rings. The van der Waals surface area contributed by atoms with Crippen LogP contribution in [0.2, 0.25) is 0 Å². The molecule has 1 aliphatic rings. The van der Waals surface area contributed by atoms with E-state index in [2.05, 4.69) is 215 Å². The summed E-state index contributed by atoms with van der Waals surface area (Å²) >= 11 is 4.78. The first-order valence-electron chi connectivity index (χ1n) is 17.9. The number of anilines is 3. The van der Waals surface area contributed by atoms with Gasteiger partial charge in [-0.1, -0.05) is 74.2 Å². The summed E-state index contributed by atoms with van der Waals surface area (Å²) in [5.74, 6) is 0. The number of hydrogen-bond acceptors (Lipinski definition) is 3. The highest BCUT2D eigenvalue weighted by atomic mass is 127. The molecule has 0 amide bonds. The summed E-state index contributed by atoms with van der Waals surface area (Å²) in [6, 6.07) is 46.3. The molecule has 262 valence electrons. The number of hydrogen-bond donors (Lipinski definition) is 0. The van der Waals surface area contributed by atoms with E-state index in [4.69, 9.17) is 0 Å². The summed E-state index contributed by atoms with van der Waals surface area (Å²) in [7, 11) is 3.54. The Morgan fingerprint density at radius 1 is 0.528 bits per heavy atom. The molecule has 1 aromatic heterocycles. The van der Waals surface area contributed by atoms with Gasteiger partial charge in [-0.15, -0.1) is 0 Å². The summed E-state index contributed by atoms with van der Waals surface area (Å²) in [4.78, 5) is 5.02. The number of aryl methyl sites for hydroxylation is 4. The van der Waals surface area contributed by atoms with Crippen molar-refractivity contribution in [2.45, 2.75) is 56.7 Å². The van der Waals surface area contributed by atoms with Crippen molar-refractivity contribution >= 4 is 110 Å². The molecule has 9 rings (SSSR count). The van der Waals surface area contributed by atoms with E-state index >= 15 is 0 Å². The number of fused-ring (bicyclic) bond motifs is 8. The minimum atomic E-state index is -0.230. The Morgan fingerprint density at radius 2 is 1.09 bits per heavy atom. The third kappa shape index (κ3) is 5.64. The molecule has 0 saturated heterocycles. The van der Waals surface area contributed by atoms with Crippen LogP contribution in [0.5, 0.6) is 0 Å². The predicted molar refractivity (Wildman–Crippen MR) is 249 cm³/mol. The van der Waals surface area contributed by atoms with Gasteiger partial charge in [-0.05, 0) is 156 Å². The van der Waals surface area contributed by atoms with Crippen molar-refractivity contribution in [3.05, 3.63) is 155 Å². The summed E-state index contributed by atoms with van der Waals surface area (Å²) in [5, 5.41) is 5.14. The van der Waals surface area contributed by atoms with Crippen LogP contribution in [-0.4, -0.2) is 4.57 Å². The first-order chi connectivity index (χ1) is 25.6. The highest BCUT2D eigenvalue weighted by molar-refractivity contribution is 14.2. The Balaban J connectivity index is 1.28. The minimum Gasteiger partial charge on any atom is -0.310 e.